The van der Waals surface area contributed by atoms with Crippen molar-refractivity contribution < 1.29 is 4.79 Å². The van der Waals surface area contributed by atoms with Crippen LogP contribution < -0.4 is 0 Å². The van der Waals surface area contributed by atoms with E-state index in [4.69, 9.17) is 0 Å². The summed E-state index contributed by atoms with van der Waals surface area (Å²) in [6.45, 7) is 0. The summed E-state index contributed by atoms with van der Waals surface area (Å²) in [6, 6.07) is 8.68. The second-order valence-electron chi connectivity index (χ2n) is 6.32. The van der Waals surface area contributed by atoms with E-state index >= 15 is 0 Å². The first-order valence-corrected chi connectivity index (χ1v) is 8.13. The average molecular weight is 268 g/mol. The van der Waals surface area contributed by atoms with E-state index in [9.17, 15) is 4.79 Å². The Bertz CT molecular complexity index is 504. The summed E-state index contributed by atoms with van der Waals surface area (Å²) in [5.41, 5.74) is 4.28. The maximum absolute atomic E-state index is 12.3. The molecule has 1 nitrogen and oxygen atoms in total. The maximum atomic E-state index is 12.3. The molecule has 0 bridgehead atoms. The minimum Gasteiger partial charge on any atom is -0.295 e. The number of ketones is 1. The molecular formula is C19H24O. The molecule has 2 aliphatic carbocycles. The molecule has 1 atom stereocenters. The first kappa shape index (κ1) is 13.6. The summed E-state index contributed by atoms with van der Waals surface area (Å²) in [6.07, 6.45) is 12.4. The lowest BCUT2D eigenvalue weighted by molar-refractivity contribution is -0.115. The highest BCUT2D eigenvalue weighted by Gasteiger charge is 2.21. The van der Waals surface area contributed by atoms with Gasteiger partial charge in [-0.05, 0) is 68.1 Å². The van der Waals surface area contributed by atoms with Gasteiger partial charge in [0.1, 0.15) is 0 Å². The zero-order chi connectivity index (χ0) is 13.8. The molecule has 0 amide bonds. The van der Waals surface area contributed by atoms with Crippen LogP contribution in [0.2, 0.25) is 0 Å². The van der Waals surface area contributed by atoms with Crippen molar-refractivity contribution in [3.63, 3.8) is 0 Å². The number of carbonyl (C=O) groups excluding carboxylic acids is 1. The minimum absolute atomic E-state index is 0.351. The monoisotopic (exact) mass is 268 g/mol. The zero-order valence-corrected chi connectivity index (χ0v) is 12.2. The maximum Gasteiger partial charge on any atom is 0.156 e. The molecule has 0 aliphatic heterocycles. The second-order valence-corrected chi connectivity index (χ2v) is 6.32. The van der Waals surface area contributed by atoms with Crippen LogP contribution in [0.4, 0.5) is 0 Å². The van der Waals surface area contributed by atoms with E-state index in [-0.39, 0.29) is 0 Å². The van der Waals surface area contributed by atoms with Crippen molar-refractivity contribution >= 4 is 5.78 Å². The smallest absolute Gasteiger partial charge is 0.156 e. The van der Waals surface area contributed by atoms with Crippen LogP contribution in [0.25, 0.3) is 0 Å². The van der Waals surface area contributed by atoms with E-state index in [0.29, 0.717) is 18.1 Å². The van der Waals surface area contributed by atoms with Gasteiger partial charge in [0.2, 0.25) is 0 Å². The summed E-state index contributed by atoms with van der Waals surface area (Å²) >= 11 is 0. The quantitative estimate of drug-likeness (QED) is 0.708. The second kappa shape index (κ2) is 6.39. The Balaban J connectivity index is 1.67. The zero-order valence-electron chi connectivity index (χ0n) is 12.2. The van der Waals surface area contributed by atoms with Gasteiger partial charge in [-0.1, -0.05) is 36.3 Å². The molecule has 1 aromatic rings. The number of hydrogen-bond acceptors (Lipinski definition) is 1. The Morgan fingerprint density at radius 2 is 1.85 bits per heavy atom. The van der Waals surface area contributed by atoms with Gasteiger partial charge in [-0.15, -0.1) is 0 Å². The molecule has 1 saturated carbocycles. The highest BCUT2D eigenvalue weighted by atomic mass is 16.1. The minimum atomic E-state index is 0.351. The van der Waals surface area contributed by atoms with Gasteiger partial charge in [-0.2, -0.15) is 0 Å². The molecule has 2 aliphatic rings. The lowest BCUT2D eigenvalue weighted by Crippen LogP contribution is -2.13. The SMILES string of the molecule is O=C(C=C1CCCCC1)CC1CCCc2ccccc21. The molecule has 0 N–H and O–H groups in total. The topological polar surface area (TPSA) is 17.1 Å². The lowest BCUT2D eigenvalue weighted by Gasteiger charge is -2.24. The Morgan fingerprint density at radius 1 is 1.05 bits per heavy atom. The summed E-state index contributed by atoms with van der Waals surface area (Å²) in [5, 5.41) is 0. The van der Waals surface area contributed by atoms with Crippen LogP contribution in [0.5, 0.6) is 0 Å². The number of allylic oxidation sites excluding steroid dienone is 2. The fraction of sp³-hybridized carbons (Fsp3) is 0.526. The molecule has 1 fully saturated rings. The van der Waals surface area contributed by atoms with Crippen LogP contribution in [0.3, 0.4) is 0 Å². The Morgan fingerprint density at radius 3 is 2.70 bits per heavy atom. The van der Waals surface area contributed by atoms with E-state index in [2.05, 4.69) is 24.3 Å². The van der Waals surface area contributed by atoms with Gasteiger partial charge >= 0.3 is 0 Å². The van der Waals surface area contributed by atoms with Crippen LogP contribution >= 0.6 is 0 Å². The predicted molar refractivity (Wildman–Crippen MR) is 82.9 cm³/mol. The molecule has 0 radical (unpaired) electrons. The fourth-order valence-corrected chi connectivity index (χ4v) is 3.75. The summed E-state index contributed by atoms with van der Waals surface area (Å²) in [5.74, 6) is 0.802. The molecular weight excluding hydrogens is 244 g/mol. The number of benzene rings is 1. The normalized spacial score (nSPS) is 22.2. The largest absolute Gasteiger partial charge is 0.295 e. The van der Waals surface area contributed by atoms with Gasteiger partial charge in [0.15, 0.2) is 5.78 Å². The van der Waals surface area contributed by atoms with Crippen molar-refractivity contribution in [1.29, 1.82) is 0 Å². The molecule has 0 saturated heterocycles. The number of fused-ring (bicyclic) bond motifs is 1. The van der Waals surface area contributed by atoms with Crippen LogP contribution in [0.15, 0.2) is 35.9 Å². The summed E-state index contributed by atoms with van der Waals surface area (Å²) in [4.78, 5) is 12.3. The number of rotatable bonds is 3. The van der Waals surface area contributed by atoms with Crippen molar-refractivity contribution in [1.82, 2.24) is 0 Å². The number of aryl methyl sites for hydroxylation is 1. The molecule has 0 heterocycles. The van der Waals surface area contributed by atoms with E-state index in [1.165, 1.54) is 55.2 Å². The highest BCUT2D eigenvalue weighted by molar-refractivity contribution is 5.91. The third-order valence-electron chi connectivity index (χ3n) is 4.80. The van der Waals surface area contributed by atoms with E-state index in [1.807, 2.05) is 6.08 Å². The van der Waals surface area contributed by atoms with E-state index < -0.39 is 0 Å². The predicted octanol–water partition coefficient (Wildman–Crippen LogP) is 4.96. The molecule has 106 valence electrons. The van der Waals surface area contributed by atoms with Crippen molar-refractivity contribution in [2.24, 2.45) is 0 Å². The molecule has 20 heavy (non-hydrogen) atoms. The molecule has 0 aromatic heterocycles. The number of carbonyl (C=O) groups is 1. The van der Waals surface area contributed by atoms with Gasteiger partial charge < -0.3 is 0 Å². The molecule has 3 rings (SSSR count). The van der Waals surface area contributed by atoms with Crippen molar-refractivity contribution in [2.75, 3.05) is 0 Å². The Labute approximate surface area is 122 Å². The molecule has 1 aromatic carbocycles. The number of hydrogen-bond donors (Lipinski definition) is 0. The van der Waals surface area contributed by atoms with Crippen molar-refractivity contribution in [2.45, 2.75) is 63.7 Å². The summed E-state index contributed by atoms with van der Waals surface area (Å²) < 4.78 is 0. The highest BCUT2D eigenvalue weighted by Crippen LogP contribution is 2.34. The fourth-order valence-electron chi connectivity index (χ4n) is 3.75. The first-order valence-electron chi connectivity index (χ1n) is 8.13. The summed E-state index contributed by atoms with van der Waals surface area (Å²) in [7, 11) is 0. The van der Waals surface area contributed by atoms with Crippen LogP contribution in [0, 0.1) is 0 Å². The molecule has 0 spiro atoms. The third kappa shape index (κ3) is 3.20. The third-order valence-corrected chi connectivity index (χ3v) is 4.80. The van der Waals surface area contributed by atoms with Crippen LogP contribution in [0.1, 0.15) is 68.4 Å². The lowest BCUT2D eigenvalue weighted by atomic mass is 9.80. The van der Waals surface area contributed by atoms with Gasteiger partial charge in [0.25, 0.3) is 0 Å². The van der Waals surface area contributed by atoms with Crippen molar-refractivity contribution in [3.05, 3.63) is 47.0 Å². The van der Waals surface area contributed by atoms with Crippen LogP contribution in [-0.4, -0.2) is 5.78 Å². The van der Waals surface area contributed by atoms with Crippen molar-refractivity contribution in [3.8, 4) is 0 Å². The van der Waals surface area contributed by atoms with Gasteiger partial charge in [-0.25, -0.2) is 0 Å². The van der Waals surface area contributed by atoms with Crippen LogP contribution in [-0.2, 0) is 11.2 Å². The first-order chi connectivity index (χ1) is 9.83. The van der Waals surface area contributed by atoms with Gasteiger partial charge in [0, 0.05) is 6.42 Å². The molecule has 1 heteroatoms. The standard InChI is InChI=1S/C19H24O/c20-18(13-15-7-2-1-3-8-15)14-17-11-6-10-16-9-4-5-12-19(16)17/h4-5,9,12-13,17H,1-3,6-8,10-11,14H2. The molecule has 1 unspecified atom stereocenters. The average Bonchev–Trinajstić information content (AvgIpc) is 2.48. The Hall–Kier alpha value is -1.37. The van der Waals surface area contributed by atoms with E-state index in [1.54, 1.807) is 0 Å². The van der Waals surface area contributed by atoms with Gasteiger partial charge in [0.05, 0.1) is 0 Å². The van der Waals surface area contributed by atoms with E-state index in [0.717, 1.165) is 12.8 Å². The van der Waals surface area contributed by atoms with Gasteiger partial charge in [-0.3, -0.25) is 4.79 Å². The Kier molecular flexibility index (Phi) is 4.34.